The molecule has 1 aliphatic heterocycles. The number of hydrogen-bond donors (Lipinski definition) is 1. The largest absolute Gasteiger partial charge is 0.369 e. The highest BCUT2D eigenvalue weighted by molar-refractivity contribution is 6.09. The molecule has 0 spiro atoms. The molecule has 1 amide bonds. The molecular weight excluding hydrogens is 416 g/mol. The van der Waals surface area contributed by atoms with Crippen LogP contribution in [0.2, 0.25) is 0 Å². The Kier molecular flexibility index (Phi) is 4.88. The van der Waals surface area contributed by atoms with Crippen LogP contribution in [-0.4, -0.2) is 38.8 Å². The van der Waals surface area contributed by atoms with Gasteiger partial charge in [-0.05, 0) is 23.8 Å². The summed E-state index contributed by atoms with van der Waals surface area (Å²) in [5.74, 6) is -1.47. The van der Waals surface area contributed by atoms with Crippen LogP contribution in [0.25, 0.3) is 11.1 Å². The lowest BCUT2D eigenvalue weighted by molar-refractivity contribution is -0.129. The van der Waals surface area contributed by atoms with Gasteiger partial charge in [0.1, 0.15) is 5.82 Å². The minimum atomic E-state index is -2.83. The van der Waals surface area contributed by atoms with Gasteiger partial charge in [0.15, 0.2) is 11.5 Å². The van der Waals surface area contributed by atoms with Gasteiger partial charge in [0.2, 0.25) is 0 Å². The molecule has 11 heteroatoms. The van der Waals surface area contributed by atoms with Gasteiger partial charge < -0.3 is 5.73 Å². The number of carbonyl (C=O) groups excluding carboxylic acids is 1. The molecule has 0 saturated heterocycles. The van der Waals surface area contributed by atoms with Crippen molar-refractivity contribution in [2.45, 2.75) is 12.0 Å². The minimum absolute atomic E-state index is 0.0361. The fraction of sp³-hybridized carbons (Fsp3) is 0.150. The molecule has 0 radical (unpaired) electrons. The highest BCUT2D eigenvalue weighted by Crippen LogP contribution is 2.41. The number of benzene rings is 1. The van der Waals surface area contributed by atoms with Crippen LogP contribution in [0.5, 0.6) is 0 Å². The number of hydrogen-bond acceptors (Lipinski definition) is 6. The molecule has 0 aliphatic carbocycles. The molecule has 0 fully saturated rings. The maximum atomic E-state index is 14.6. The number of pyridine rings is 1. The molecular formula is C20H14F4N6O. The van der Waals surface area contributed by atoms with Crippen molar-refractivity contribution in [3.63, 3.8) is 0 Å². The van der Waals surface area contributed by atoms with Crippen LogP contribution in [-0.2, 0) is 10.3 Å². The Bertz CT molecular complexity index is 1200. The molecule has 3 aromatic rings. The first-order valence-corrected chi connectivity index (χ1v) is 8.89. The van der Waals surface area contributed by atoms with E-state index >= 15 is 0 Å². The second kappa shape index (κ2) is 7.42. The Morgan fingerprint density at radius 2 is 1.74 bits per heavy atom. The molecule has 2 aromatic heterocycles. The topological polar surface area (TPSA) is 97.4 Å². The molecule has 0 saturated carbocycles. The van der Waals surface area contributed by atoms with E-state index in [1.807, 2.05) is 0 Å². The smallest absolute Gasteiger partial charge is 0.308 e. The van der Waals surface area contributed by atoms with Crippen LogP contribution in [0.4, 0.5) is 17.6 Å². The number of amides is 1. The van der Waals surface area contributed by atoms with Crippen molar-refractivity contribution in [3.05, 3.63) is 77.6 Å². The quantitative estimate of drug-likeness (QED) is 0.507. The number of carbonyl (C=O) groups is 1. The number of rotatable bonds is 4. The van der Waals surface area contributed by atoms with E-state index in [1.165, 1.54) is 25.4 Å². The van der Waals surface area contributed by atoms with Crippen LogP contribution in [0.15, 0.2) is 54.0 Å². The molecule has 1 atom stereocenters. The first kappa shape index (κ1) is 20.4. The molecule has 7 nitrogen and oxygen atoms in total. The number of alkyl halides is 2. The maximum absolute atomic E-state index is 14.6. The minimum Gasteiger partial charge on any atom is -0.369 e. The maximum Gasteiger partial charge on any atom is 0.308 e. The predicted molar refractivity (Wildman–Crippen MR) is 102 cm³/mol. The van der Waals surface area contributed by atoms with Crippen molar-refractivity contribution in [1.29, 1.82) is 0 Å². The third kappa shape index (κ3) is 3.27. The number of aromatic nitrogens is 3. The number of aliphatic imine (C=N–C) groups is 1. The van der Waals surface area contributed by atoms with Gasteiger partial charge >= 0.3 is 6.08 Å². The van der Waals surface area contributed by atoms with Crippen molar-refractivity contribution in [1.82, 2.24) is 19.9 Å². The molecule has 31 heavy (non-hydrogen) atoms. The monoisotopic (exact) mass is 430 g/mol. The fourth-order valence-corrected chi connectivity index (χ4v) is 3.38. The van der Waals surface area contributed by atoms with E-state index in [0.717, 1.165) is 35.6 Å². The number of nitrogens with zero attached hydrogens (tertiary/aromatic N) is 5. The van der Waals surface area contributed by atoms with Crippen LogP contribution in [0, 0.1) is 11.9 Å². The second-order valence-electron chi connectivity index (χ2n) is 6.79. The molecule has 158 valence electrons. The SMILES string of the molecule is CN1C(=O)C(c2cncc(C(F)F)c2)(c2ccc(F)c(-c3cnc(F)nc3)c2)N=C1N. The van der Waals surface area contributed by atoms with Gasteiger partial charge in [0, 0.05) is 54.1 Å². The van der Waals surface area contributed by atoms with Gasteiger partial charge in [-0.25, -0.2) is 28.1 Å². The summed E-state index contributed by atoms with van der Waals surface area (Å²) in [5, 5.41) is 0. The van der Waals surface area contributed by atoms with E-state index in [1.54, 1.807) is 0 Å². The lowest BCUT2D eigenvalue weighted by Crippen LogP contribution is -2.41. The van der Waals surface area contributed by atoms with Crippen LogP contribution < -0.4 is 5.73 Å². The fourth-order valence-electron chi connectivity index (χ4n) is 3.38. The van der Waals surface area contributed by atoms with E-state index in [-0.39, 0.29) is 28.2 Å². The Morgan fingerprint density at radius 1 is 1.03 bits per heavy atom. The molecule has 1 aromatic carbocycles. The summed E-state index contributed by atoms with van der Waals surface area (Å²) in [6.45, 7) is 0. The van der Waals surface area contributed by atoms with E-state index in [2.05, 4.69) is 19.9 Å². The lowest BCUT2D eigenvalue weighted by Gasteiger charge is -2.26. The highest BCUT2D eigenvalue weighted by Gasteiger charge is 2.50. The summed E-state index contributed by atoms with van der Waals surface area (Å²) in [6, 6.07) is 4.79. The summed E-state index contributed by atoms with van der Waals surface area (Å²) >= 11 is 0. The van der Waals surface area contributed by atoms with E-state index < -0.39 is 35.3 Å². The van der Waals surface area contributed by atoms with Gasteiger partial charge in [-0.15, -0.1) is 0 Å². The first-order valence-electron chi connectivity index (χ1n) is 8.89. The average Bonchev–Trinajstić information content (AvgIpc) is 3.00. The lowest BCUT2D eigenvalue weighted by atomic mass is 9.82. The number of guanidine groups is 1. The zero-order valence-electron chi connectivity index (χ0n) is 15.9. The van der Waals surface area contributed by atoms with Gasteiger partial charge in [0.05, 0.1) is 0 Å². The Balaban J connectivity index is 1.96. The summed E-state index contributed by atoms with van der Waals surface area (Å²) in [7, 11) is 1.38. The first-order chi connectivity index (χ1) is 14.7. The van der Waals surface area contributed by atoms with Crippen LogP contribution in [0.1, 0.15) is 23.1 Å². The second-order valence-corrected chi connectivity index (χ2v) is 6.79. The molecule has 3 heterocycles. The number of halogens is 4. The normalized spacial score (nSPS) is 18.6. The Hall–Kier alpha value is -3.89. The highest BCUT2D eigenvalue weighted by atomic mass is 19.3. The van der Waals surface area contributed by atoms with E-state index in [9.17, 15) is 22.4 Å². The van der Waals surface area contributed by atoms with Crippen molar-refractivity contribution < 1.29 is 22.4 Å². The molecule has 4 rings (SSSR count). The Labute approximate surface area is 173 Å². The van der Waals surface area contributed by atoms with Gasteiger partial charge in [-0.2, -0.15) is 4.39 Å². The van der Waals surface area contributed by atoms with Crippen molar-refractivity contribution in [2.75, 3.05) is 7.05 Å². The van der Waals surface area contributed by atoms with Crippen LogP contribution >= 0.6 is 0 Å². The average molecular weight is 430 g/mol. The third-order valence-electron chi connectivity index (χ3n) is 4.98. The number of nitrogens with two attached hydrogens (primary N) is 1. The molecule has 0 bridgehead atoms. The molecule has 1 aliphatic rings. The van der Waals surface area contributed by atoms with Crippen molar-refractivity contribution >= 4 is 11.9 Å². The van der Waals surface area contributed by atoms with Gasteiger partial charge in [0.25, 0.3) is 12.3 Å². The van der Waals surface area contributed by atoms with Gasteiger partial charge in [-0.3, -0.25) is 14.7 Å². The summed E-state index contributed by atoms with van der Waals surface area (Å²) in [4.78, 5) is 29.2. The van der Waals surface area contributed by atoms with Crippen molar-refractivity contribution in [2.24, 2.45) is 10.7 Å². The van der Waals surface area contributed by atoms with E-state index in [4.69, 9.17) is 5.73 Å². The third-order valence-corrected chi connectivity index (χ3v) is 4.98. The number of likely N-dealkylation sites (N-methyl/N-ethyl adjacent to an activating group) is 1. The standard InChI is InChI=1S/C20H14F4N6O/c1-30-17(31)20(29-19(30)25,13-4-10(16(22)23)6-26-9-13)12-2-3-15(21)14(5-12)11-7-27-18(24)28-8-11/h2-9,16H,1H3,(H2,25,29). The van der Waals surface area contributed by atoms with Gasteiger partial charge in [-0.1, -0.05) is 6.07 Å². The van der Waals surface area contributed by atoms with E-state index in [0.29, 0.717) is 0 Å². The summed E-state index contributed by atoms with van der Waals surface area (Å²) in [6.07, 6.45) is 0.539. The van der Waals surface area contributed by atoms with Crippen LogP contribution in [0.3, 0.4) is 0 Å². The molecule has 2 N–H and O–H groups in total. The molecule has 1 unspecified atom stereocenters. The summed E-state index contributed by atoms with van der Waals surface area (Å²) in [5.41, 5.74) is 3.89. The zero-order chi connectivity index (χ0) is 22.3. The Morgan fingerprint density at radius 3 is 2.35 bits per heavy atom. The summed E-state index contributed by atoms with van der Waals surface area (Å²) < 4.78 is 54.2. The predicted octanol–water partition coefficient (Wildman–Crippen LogP) is 2.78. The zero-order valence-corrected chi connectivity index (χ0v) is 15.9. The van der Waals surface area contributed by atoms with Crippen molar-refractivity contribution in [3.8, 4) is 11.1 Å².